The van der Waals surface area contributed by atoms with Gasteiger partial charge in [-0.25, -0.2) is 0 Å². The molecule has 1 spiro atoms. The number of hydrogen-bond donors (Lipinski definition) is 3. The smallest absolute Gasteiger partial charge is 0.316 e. The molecule has 0 amide bonds. The Labute approximate surface area is 368 Å². The highest BCUT2D eigenvalue weighted by Gasteiger charge is 2.60. The van der Waals surface area contributed by atoms with Crippen LogP contribution in [0.1, 0.15) is 87.5 Å². The molecule has 6 heterocycles. The number of allylic oxidation sites excluding steroid dienone is 2. The Kier molecular flexibility index (Phi) is 15.1. The quantitative estimate of drug-likeness (QED) is 0.215. The summed E-state index contributed by atoms with van der Waals surface area (Å²) in [5.74, 6) is -2.56. The maximum atomic E-state index is 14.3. The van der Waals surface area contributed by atoms with Crippen molar-refractivity contribution in [2.24, 2.45) is 23.7 Å². The zero-order valence-corrected chi connectivity index (χ0v) is 38.6. The van der Waals surface area contributed by atoms with Gasteiger partial charge in [0.05, 0.1) is 55.4 Å². The Hall–Kier alpha value is -2.31. The molecular weight excluding hydrogens is 799 g/mol. The summed E-state index contributed by atoms with van der Waals surface area (Å²) in [7, 11) is 5.30. The van der Waals surface area contributed by atoms with Crippen molar-refractivity contribution in [1.82, 2.24) is 5.32 Å². The van der Waals surface area contributed by atoms with Gasteiger partial charge in [0, 0.05) is 51.7 Å². The first-order chi connectivity index (χ1) is 29.5. The second-order valence-electron chi connectivity index (χ2n) is 19.1. The number of carbonyl (C=O) groups is 1. The molecule has 14 heteroatoms. The molecule has 4 saturated heterocycles. The van der Waals surface area contributed by atoms with Crippen LogP contribution in [-0.2, 0) is 52.2 Å². The highest BCUT2D eigenvalue weighted by atomic mass is 16.7. The SMILES string of the molecule is CN[C@@H]1[C@@H](C)O[C@@H](O[C@H]2[C@H](C)O[C@@H](O[C@@H]3/C(C)=C/C[C@@H]4C[C@@H](C[C@]5(C=C[C@H](C)[C@@H](C(C)C)O5)O4)OC(=O)[C@@H]4C=C(C)[C@@H](O)[C@H]5OC/C(=C\C=C\[C@@H]3C)[C@]54O)C[C@@H]2OC)C[C@H]1OC. The van der Waals surface area contributed by atoms with Gasteiger partial charge in [-0.15, -0.1) is 0 Å². The average Bonchev–Trinajstić information content (AvgIpc) is 3.57. The molecule has 7 rings (SSSR count). The minimum Gasteiger partial charge on any atom is -0.462 e. The van der Waals surface area contributed by atoms with Crippen LogP contribution in [0.3, 0.4) is 0 Å². The highest BCUT2D eigenvalue weighted by Crippen LogP contribution is 2.47. The van der Waals surface area contributed by atoms with Crippen LogP contribution in [0.15, 0.2) is 59.3 Å². The maximum absolute atomic E-state index is 14.3. The van der Waals surface area contributed by atoms with Crippen LogP contribution in [0.2, 0.25) is 0 Å². The van der Waals surface area contributed by atoms with E-state index in [2.05, 4.69) is 52.1 Å². The van der Waals surface area contributed by atoms with Gasteiger partial charge in [0.15, 0.2) is 18.4 Å². The van der Waals surface area contributed by atoms with Crippen LogP contribution in [0, 0.1) is 23.7 Å². The molecule has 0 radical (unpaired) electrons. The van der Waals surface area contributed by atoms with Crippen LogP contribution >= 0.6 is 0 Å². The number of carbonyl (C=O) groups excluding carboxylic acids is 1. The Morgan fingerprint density at radius 1 is 0.887 bits per heavy atom. The molecule has 14 nitrogen and oxygen atoms in total. The predicted molar refractivity (Wildman–Crippen MR) is 230 cm³/mol. The molecule has 2 bridgehead atoms. The van der Waals surface area contributed by atoms with Gasteiger partial charge in [-0.05, 0) is 69.9 Å². The summed E-state index contributed by atoms with van der Waals surface area (Å²) in [6.45, 7) is 16.3. The van der Waals surface area contributed by atoms with Crippen molar-refractivity contribution >= 4 is 5.97 Å². The molecule has 348 valence electrons. The third-order valence-electron chi connectivity index (χ3n) is 14.3. The standard InChI is InChI=1S/C48H73NO13/c1-25(2)42-28(5)17-18-47(62-42)23-34-20-33(61-47)16-15-27(4)43(26(3)13-12-14-32-24-55-45-41(50)29(6)19-35(46(51)58-34)48(32,45)52)59-39-22-37(54-11)44(31(8)57-39)60-38-21-36(53-10)40(49-9)30(7)56-38/h12-15,17-19,25-26,28,30-31,33-45,49-50,52H,16,20-24H2,1-11H3/b13-12+,27-15+,32-14+/t26-,28-,30+,31-,33+,34-,35-,36+,37-,38-,39-,40+,41+,42+,43-,44-,45+,47+,48+/m0/s1. The molecule has 62 heavy (non-hydrogen) atoms. The van der Waals surface area contributed by atoms with E-state index in [1.54, 1.807) is 33.3 Å². The highest BCUT2D eigenvalue weighted by molar-refractivity contribution is 5.78. The van der Waals surface area contributed by atoms with Gasteiger partial charge in [0.25, 0.3) is 0 Å². The van der Waals surface area contributed by atoms with Gasteiger partial charge >= 0.3 is 5.97 Å². The Bertz CT molecular complexity index is 1730. The number of fused-ring (bicyclic) bond motifs is 2. The molecule has 0 aromatic rings. The first-order valence-corrected chi connectivity index (χ1v) is 22.9. The van der Waals surface area contributed by atoms with Crippen LogP contribution < -0.4 is 5.32 Å². The molecule has 0 saturated carbocycles. The zero-order chi connectivity index (χ0) is 44.7. The number of esters is 1. The number of nitrogens with one attached hydrogen (secondary N) is 1. The lowest BCUT2D eigenvalue weighted by Crippen LogP contribution is -2.58. The van der Waals surface area contributed by atoms with Crippen LogP contribution in [0.25, 0.3) is 0 Å². The van der Waals surface area contributed by atoms with Gasteiger partial charge in [-0.1, -0.05) is 64.2 Å². The first kappa shape index (κ1) is 47.6. The molecular formula is C48H73NO13. The van der Waals surface area contributed by atoms with Crippen molar-refractivity contribution in [2.75, 3.05) is 27.9 Å². The predicted octanol–water partition coefficient (Wildman–Crippen LogP) is 5.21. The number of aliphatic hydroxyl groups excluding tert-OH is 1. The van der Waals surface area contributed by atoms with Crippen LogP contribution in [0.5, 0.6) is 0 Å². The molecule has 0 unspecified atom stereocenters. The van der Waals surface area contributed by atoms with E-state index < -0.39 is 66.4 Å². The second-order valence-corrected chi connectivity index (χ2v) is 19.1. The summed E-state index contributed by atoms with van der Waals surface area (Å²) in [6, 6.07) is 0.0445. The minimum atomic E-state index is -1.83. The molecule has 6 aliphatic heterocycles. The fraction of sp³-hybridized carbons (Fsp3) is 0.771. The van der Waals surface area contributed by atoms with Crippen molar-refractivity contribution in [2.45, 2.75) is 185 Å². The van der Waals surface area contributed by atoms with E-state index in [0.717, 1.165) is 5.57 Å². The van der Waals surface area contributed by atoms with Gasteiger partial charge in [-0.3, -0.25) is 4.79 Å². The summed E-state index contributed by atoms with van der Waals surface area (Å²) < 4.78 is 64.3. The second kappa shape index (κ2) is 19.7. The lowest BCUT2D eigenvalue weighted by molar-refractivity contribution is -0.312. The third kappa shape index (κ3) is 9.64. The Morgan fingerprint density at radius 3 is 2.31 bits per heavy atom. The zero-order valence-electron chi connectivity index (χ0n) is 38.6. The van der Waals surface area contributed by atoms with Crippen molar-refractivity contribution in [3.8, 4) is 0 Å². The van der Waals surface area contributed by atoms with Crippen molar-refractivity contribution in [3.63, 3.8) is 0 Å². The van der Waals surface area contributed by atoms with Gasteiger partial charge in [0.1, 0.15) is 35.9 Å². The van der Waals surface area contributed by atoms with Gasteiger partial charge in [-0.2, -0.15) is 0 Å². The van der Waals surface area contributed by atoms with Gasteiger partial charge < -0.3 is 62.9 Å². The largest absolute Gasteiger partial charge is 0.462 e. The summed E-state index contributed by atoms with van der Waals surface area (Å²) in [5.41, 5.74) is 0.176. The third-order valence-corrected chi connectivity index (χ3v) is 14.3. The van der Waals surface area contributed by atoms with E-state index in [0.29, 0.717) is 43.3 Å². The van der Waals surface area contributed by atoms with Crippen LogP contribution in [-0.4, -0.2) is 141 Å². The monoisotopic (exact) mass is 872 g/mol. The molecule has 7 aliphatic rings. The maximum Gasteiger partial charge on any atom is 0.316 e. The van der Waals surface area contributed by atoms with E-state index in [4.69, 9.17) is 47.4 Å². The van der Waals surface area contributed by atoms with Crippen molar-refractivity contribution in [1.29, 1.82) is 0 Å². The number of rotatable bonds is 8. The number of methoxy groups -OCH3 is 2. The fourth-order valence-electron chi connectivity index (χ4n) is 10.9. The molecule has 0 aromatic carbocycles. The Morgan fingerprint density at radius 2 is 1.60 bits per heavy atom. The number of hydrogen-bond acceptors (Lipinski definition) is 14. The number of ether oxygens (including phenoxy) is 10. The normalized spacial score (nSPS) is 48.7. The number of likely N-dealkylation sites (N-methyl/N-ethyl adjacent to an activating group) is 1. The molecule has 1 aliphatic carbocycles. The Balaban J connectivity index is 1.17. The summed E-state index contributed by atoms with van der Waals surface area (Å²) >= 11 is 0. The minimum absolute atomic E-state index is 0.0407. The van der Waals surface area contributed by atoms with Crippen molar-refractivity contribution < 1.29 is 62.4 Å². The lowest BCUT2D eigenvalue weighted by atomic mass is 9.71. The summed E-state index contributed by atoms with van der Waals surface area (Å²) in [6.07, 6.45) is 9.72. The average molecular weight is 872 g/mol. The van der Waals surface area contributed by atoms with Gasteiger partial charge in [0.2, 0.25) is 0 Å². The van der Waals surface area contributed by atoms with Crippen molar-refractivity contribution in [3.05, 3.63) is 59.3 Å². The van der Waals surface area contributed by atoms with E-state index in [1.165, 1.54) is 0 Å². The molecule has 0 aromatic heterocycles. The molecule has 4 fully saturated rings. The van der Waals surface area contributed by atoms with E-state index in [9.17, 15) is 15.0 Å². The van der Waals surface area contributed by atoms with E-state index in [-0.39, 0.29) is 67.0 Å². The topological polar surface area (TPSA) is 162 Å². The number of aliphatic hydroxyl groups is 2. The van der Waals surface area contributed by atoms with Crippen LogP contribution in [0.4, 0.5) is 0 Å². The summed E-state index contributed by atoms with van der Waals surface area (Å²) in [4.78, 5) is 14.3. The first-order valence-electron chi connectivity index (χ1n) is 22.9. The van der Waals surface area contributed by atoms with E-state index >= 15 is 0 Å². The summed E-state index contributed by atoms with van der Waals surface area (Å²) in [5, 5.41) is 27.0. The lowest BCUT2D eigenvalue weighted by Gasteiger charge is -2.48. The van der Waals surface area contributed by atoms with E-state index in [1.807, 2.05) is 39.1 Å². The fourth-order valence-corrected chi connectivity index (χ4v) is 10.9. The molecule has 19 atom stereocenters. The molecule has 3 N–H and O–H groups in total.